The highest BCUT2D eigenvalue weighted by molar-refractivity contribution is 7.90. The molecule has 0 aliphatic carbocycles. The van der Waals surface area contributed by atoms with Crippen LogP contribution in [0.3, 0.4) is 0 Å². The van der Waals surface area contributed by atoms with Gasteiger partial charge in [-0.1, -0.05) is 30.3 Å². The maximum absolute atomic E-state index is 14.4. The number of ether oxygens (including phenoxy) is 1. The molecule has 5 nitrogen and oxygen atoms in total. The van der Waals surface area contributed by atoms with Crippen molar-refractivity contribution in [2.45, 2.75) is 11.3 Å². The zero-order chi connectivity index (χ0) is 22.0. The third-order valence-electron chi connectivity index (χ3n) is 4.84. The lowest BCUT2D eigenvalue weighted by Gasteiger charge is -2.05. The fourth-order valence-corrected chi connectivity index (χ4v) is 3.90. The molecule has 0 bridgehead atoms. The van der Waals surface area contributed by atoms with E-state index in [1.165, 1.54) is 31.4 Å². The molecule has 0 saturated carbocycles. The molecule has 1 heterocycles. The maximum atomic E-state index is 14.4. The largest absolute Gasteiger partial charge is 0.494 e. The summed E-state index contributed by atoms with van der Waals surface area (Å²) in [5.74, 6) is 0.539. The van der Waals surface area contributed by atoms with E-state index in [-0.39, 0.29) is 10.6 Å². The van der Waals surface area contributed by atoms with E-state index >= 15 is 0 Å². The van der Waals surface area contributed by atoms with Crippen LogP contribution in [0.25, 0.3) is 22.6 Å². The third-order valence-corrected chi connectivity index (χ3v) is 5.97. The molecule has 4 rings (SSSR count). The number of benzene rings is 3. The molecule has 3 aromatic carbocycles. The van der Waals surface area contributed by atoms with Crippen LogP contribution in [0, 0.1) is 5.82 Å². The minimum Gasteiger partial charge on any atom is -0.494 e. The number of aromatic nitrogens is 1. The molecule has 0 aliphatic rings. The van der Waals surface area contributed by atoms with Gasteiger partial charge in [0, 0.05) is 23.8 Å². The van der Waals surface area contributed by atoms with E-state index in [2.05, 4.69) is 4.98 Å². The van der Waals surface area contributed by atoms with Gasteiger partial charge in [0.15, 0.2) is 33.1 Å². The van der Waals surface area contributed by atoms with Gasteiger partial charge in [0.1, 0.15) is 5.69 Å². The molecule has 0 fully saturated rings. The molecular weight excluding hydrogens is 417 g/mol. The highest BCUT2D eigenvalue weighted by Gasteiger charge is 2.19. The van der Waals surface area contributed by atoms with Crippen molar-refractivity contribution in [1.82, 2.24) is 4.98 Å². The number of nitrogens with zero attached hydrogens (tertiary/aromatic N) is 1. The molecule has 0 N–H and O–H groups in total. The highest BCUT2D eigenvalue weighted by atomic mass is 32.2. The summed E-state index contributed by atoms with van der Waals surface area (Å²) in [6.45, 7) is 0. The number of halogens is 1. The van der Waals surface area contributed by atoms with Crippen molar-refractivity contribution in [3.05, 3.63) is 90.1 Å². The monoisotopic (exact) mass is 437 g/mol. The first-order chi connectivity index (χ1) is 14.8. The second-order valence-electron chi connectivity index (χ2n) is 7.09. The van der Waals surface area contributed by atoms with Gasteiger partial charge in [-0.2, -0.15) is 0 Å². The van der Waals surface area contributed by atoms with E-state index in [1.54, 1.807) is 18.2 Å². The van der Waals surface area contributed by atoms with Gasteiger partial charge in [-0.05, 0) is 48.0 Å². The Kier molecular flexibility index (Phi) is 5.61. The lowest BCUT2D eigenvalue weighted by atomic mass is 10.1. The fourth-order valence-electron chi connectivity index (χ4n) is 3.27. The molecule has 0 unspecified atom stereocenters. The predicted molar refractivity (Wildman–Crippen MR) is 116 cm³/mol. The second kappa shape index (κ2) is 8.35. The van der Waals surface area contributed by atoms with Crippen LogP contribution >= 0.6 is 0 Å². The van der Waals surface area contributed by atoms with E-state index in [0.29, 0.717) is 34.9 Å². The minimum absolute atomic E-state index is 0.135. The molecule has 158 valence electrons. The van der Waals surface area contributed by atoms with Gasteiger partial charge >= 0.3 is 0 Å². The van der Waals surface area contributed by atoms with Crippen LogP contribution < -0.4 is 4.74 Å². The molecule has 1 aromatic heterocycles. The van der Waals surface area contributed by atoms with E-state index < -0.39 is 15.7 Å². The first-order valence-electron chi connectivity index (χ1n) is 9.53. The Balaban J connectivity index is 1.81. The molecule has 0 radical (unpaired) electrons. The summed E-state index contributed by atoms with van der Waals surface area (Å²) < 4.78 is 49.0. The van der Waals surface area contributed by atoms with Crippen molar-refractivity contribution in [3.63, 3.8) is 0 Å². The summed E-state index contributed by atoms with van der Waals surface area (Å²) in [5.41, 5.74) is 2.67. The quantitative estimate of drug-likeness (QED) is 0.417. The minimum atomic E-state index is -3.32. The number of hydrogen-bond donors (Lipinski definition) is 0. The third kappa shape index (κ3) is 4.51. The van der Waals surface area contributed by atoms with E-state index in [9.17, 15) is 12.8 Å². The summed E-state index contributed by atoms with van der Waals surface area (Å²) in [6.07, 6.45) is 1.62. The summed E-state index contributed by atoms with van der Waals surface area (Å²) >= 11 is 0. The van der Waals surface area contributed by atoms with Crippen molar-refractivity contribution in [2.24, 2.45) is 0 Å². The van der Waals surface area contributed by atoms with E-state index in [4.69, 9.17) is 9.15 Å². The Morgan fingerprint density at radius 3 is 2.26 bits per heavy atom. The number of oxazole rings is 1. The van der Waals surface area contributed by atoms with Crippen LogP contribution in [-0.2, 0) is 16.3 Å². The molecule has 0 aliphatic heterocycles. The Bertz CT molecular complexity index is 1310. The second-order valence-corrected chi connectivity index (χ2v) is 9.11. The van der Waals surface area contributed by atoms with Crippen LogP contribution in [-0.4, -0.2) is 26.8 Å². The SMILES string of the molecule is COc1ccc(-c2nc(Cc3ccccc3)oc2-c2ccc(S(C)(=O)=O)cc2)cc1F. The molecule has 4 aromatic rings. The summed E-state index contributed by atoms with van der Waals surface area (Å²) in [6, 6.07) is 20.7. The Labute approximate surface area is 180 Å². The maximum Gasteiger partial charge on any atom is 0.199 e. The van der Waals surface area contributed by atoms with Gasteiger partial charge in [0.2, 0.25) is 0 Å². The predicted octanol–water partition coefficient (Wildman–Crippen LogP) is 5.15. The van der Waals surface area contributed by atoms with Gasteiger partial charge in [0.05, 0.1) is 12.0 Å². The summed E-state index contributed by atoms with van der Waals surface area (Å²) in [4.78, 5) is 4.83. The average molecular weight is 437 g/mol. The Morgan fingerprint density at radius 1 is 0.968 bits per heavy atom. The Morgan fingerprint density at radius 2 is 1.65 bits per heavy atom. The lowest BCUT2D eigenvalue weighted by Crippen LogP contribution is -1.96. The van der Waals surface area contributed by atoms with E-state index in [1.807, 2.05) is 30.3 Å². The van der Waals surface area contributed by atoms with Gasteiger partial charge in [0.25, 0.3) is 0 Å². The number of rotatable bonds is 6. The molecule has 0 atom stereocenters. The summed E-state index contributed by atoms with van der Waals surface area (Å²) in [5, 5.41) is 0. The first-order valence-corrected chi connectivity index (χ1v) is 11.4. The van der Waals surface area contributed by atoms with Crippen LogP contribution in [0.15, 0.2) is 82.1 Å². The molecule has 0 saturated heterocycles. The smallest absolute Gasteiger partial charge is 0.199 e. The van der Waals surface area contributed by atoms with Crippen molar-refractivity contribution >= 4 is 9.84 Å². The molecule has 0 amide bonds. The van der Waals surface area contributed by atoms with Gasteiger partial charge in [-0.3, -0.25) is 0 Å². The van der Waals surface area contributed by atoms with Crippen LogP contribution in [0.2, 0.25) is 0 Å². The fraction of sp³-hybridized carbons (Fsp3) is 0.125. The van der Waals surface area contributed by atoms with Gasteiger partial charge in [-0.15, -0.1) is 0 Å². The molecule has 7 heteroatoms. The van der Waals surface area contributed by atoms with E-state index in [0.717, 1.165) is 11.8 Å². The van der Waals surface area contributed by atoms with Crippen LogP contribution in [0.4, 0.5) is 4.39 Å². The van der Waals surface area contributed by atoms with Crippen molar-refractivity contribution < 1.29 is 22.0 Å². The standard InChI is InChI=1S/C24H20FNO4S/c1-29-21-13-10-18(15-20(21)25)23-24(17-8-11-19(12-9-17)31(2,27)28)30-22(26-23)14-16-6-4-3-5-7-16/h3-13,15H,14H2,1-2H3. The lowest BCUT2D eigenvalue weighted by molar-refractivity contribution is 0.386. The number of sulfone groups is 1. The van der Waals surface area contributed by atoms with Crippen molar-refractivity contribution in [1.29, 1.82) is 0 Å². The number of methoxy groups -OCH3 is 1. The first kappa shape index (κ1) is 20.8. The average Bonchev–Trinajstić information content (AvgIpc) is 3.17. The highest BCUT2D eigenvalue weighted by Crippen LogP contribution is 2.35. The number of hydrogen-bond acceptors (Lipinski definition) is 5. The summed E-state index contributed by atoms with van der Waals surface area (Å²) in [7, 11) is -1.92. The van der Waals surface area contributed by atoms with Gasteiger partial charge < -0.3 is 9.15 Å². The molecular formula is C24H20FNO4S. The van der Waals surface area contributed by atoms with Gasteiger partial charge in [-0.25, -0.2) is 17.8 Å². The Hall–Kier alpha value is -3.45. The molecule has 31 heavy (non-hydrogen) atoms. The van der Waals surface area contributed by atoms with Crippen molar-refractivity contribution in [2.75, 3.05) is 13.4 Å². The topological polar surface area (TPSA) is 69.4 Å². The normalized spacial score (nSPS) is 11.5. The zero-order valence-corrected chi connectivity index (χ0v) is 17.8. The van der Waals surface area contributed by atoms with Crippen LogP contribution in [0.1, 0.15) is 11.5 Å². The zero-order valence-electron chi connectivity index (χ0n) is 17.0. The molecule has 0 spiro atoms. The van der Waals surface area contributed by atoms with Crippen LogP contribution in [0.5, 0.6) is 5.75 Å². The van der Waals surface area contributed by atoms with Crippen molar-refractivity contribution in [3.8, 4) is 28.3 Å².